The second-order valence-corrected chi connectivity index (χ2v) is 10.9. The molecule has 0 aliphatic carbocycles. The van der Waals surface area contributed by atoms with Crippen molar-refractivity contribution in [2.45, 2.75) is 44.0 Å². The average Bonchev–Trinajstić information content (AvgIpc) is 3.30. The Bertz CT molecular complexity index is 1390. The first-order chi connectivity index (χ1) is 18.3. The Morgan fingerprint density at radius 2 is 1.87 bits per heavy atom. The highest BCUT2D eigenvalue weighted by atomic mass is 32.2. The van der Waals surface area contributed by atoms with Gasteiger partial charge in [-0.25, -0.2) is 13.4 Å². The van der Waals surface area contributed by atoms with Crippen molar-refractivity contribution in [1.82, 2.24) is 13.9 Å². The molecule has 1 aliphatic heterocycles. The third kappa shape index (κ3) is 6.23. The molecule has 2 heterocycles. The van der Waals surface area contributed by atoms with Crippen LogP contribution < -0.4 is 4.74 Å². The quantitative estimate of drug-likeness (QED) is 0.253. The number of carbonyl (C=O) groups excluding carboxylic acids is 2. The molecular formula is C27H33N3O7S. The molecule has 4 rings (SSSR count). The molecule has 0 amide bonds. The van der Waals surface area contributed by atoms with Crippen LogP contribution in [0.2, 0.25) is 0 Å². The number of para-hydroxylation sites is 1. The molecular weight excluding hydrogens is 510 g/mol. The summed E-state index contributed by atoms with van der Waals surface area (Å²) in [7, 11) is -2.18. The van der Waals surface area contributed by atoms with Gasteiger partial charge in [-0.15, -0.1) is 0 Å². The minimum atomic E-state index is -3.65. The van der Waals surface area contributed by atoms with Crippen molar-refractivity contribution in [2.75, 3.05) is 40.0 Å². The zero-order valence-electron chi connectivity index (χ0n) is 21.7. The number of rotatable bonds is 12. The molecule has 3 aromatic rings. The minimum Gasteiger partial charge on any atom is -0.496 e. The number of unbranched alkanes of at least 4 members (excludes halogenated alkanes) is 1. The van der Waals surface area contributed by atoms with Gasteiger partial charge in [-0.2, -0.15) is 4.31 Å². The molecule has 38 heavy (non-hydrogen) atoms. The van der Waals surface area contributed by atoms with Gasteiger partial charge in [0.05, 0.1) is 48.2 Å². The molecule has 10 nitrogen and oxygen atoms in total. The molecule has 0 unspecified atom stereocenters. The molecule has 1 saturated heterocycles. The number of aromatic nitrogens is 2. The fourth-order valence-electron chi connectivity index (χ4n) is 4.40. The molecule has 1 aliphatic rings. The van der Waals surface area contributed by atoms with E-state index in [1.54, 1.807) is 42.5 Å². The molecule has 0 radical (unpaired) electrons. The second-order valence-electron chi connectivity index (χ2n) is 8.98. The van der Waals surface area contributed by atoms with Gasteiger partial charge < -0.3 is 18.8 Å². The van der Waals surface area contributed by atoms with E-state index in [1.165, 1.54) is 11.4 Å². The molecule has 0 atom stereocenters. The largest absolute Gasteiger partial charge is 0.496 e. The number of ketones is 1. The maximum atomic E-state index is 13.1. The first kappa shape index (κ1) is 27.7. The number of hydrogen-bond donors (Lipinski definition) is 0. The van der Waals surface area contributed by atoms with Gasteiger partial charge in [0, 0.05) is 26.1 Å². The normalized spacial score (nSPS) is 14.5. The third-order valence-corrected chi connectivity index (χ3v) is 8.36. The Morgan fingerprint density at radius 1 is 1.11 bits per heavy atom. The molecule has 1 fully saturated rings. The molecule has 1 aromatic heterocycles. The van der Waals surface area contributed by atoms with Gasteiger partial charge in [-0.1, -0.05) is 25.5 Å². The zero-order valence-corrected chi connectivity index (χ0v) is 22.5. The number of sulfonamides is 1. The fourth-order valence-corrected chi connectivity index (χ4v) is 5.83. The van der Waals surface area contributed by atoms with Crippen LogP contribution in [0.3, 0.4) is 0 Å². The standard InChI is InChI=1S/C27H33N3O7S/c1-3-4-13-30-23-10-9-20(38(33,34)29-14-16-36-17-15-29)18-22(23)28-26(30)11-12-27(32)37-19-24(31)21-7-5-6-8-25(21)35-2/h5-10,18H,3-4,11-17,19H2,1-2H3. The Hall–Kier alpha value is -3.28. The van der Waals surface area contributed by atoms with Gasteiger partial charge in [0.1, 0.15) is 11.6 Å². The zero-order chi connectivity index (χ0) is 27.1. The monoisotopic (exact) mass is 543 g/mol. The van der Waals surface area contributed by atoms with E-state index in [1.807, 2.05) is 4.57 Å². The summed E-state index contributed by atoms with van der Waals surface area (Å²) in [5.74, 6) is 0.230. The van der Waals surface area contributed by atoms with Crippen LogP contribution in [0.4, 0.5) is 0 Å². The predicted octanol–water partition coefficient (Wildman–Crippen LogP) is 3.22. The van der Waals surface area contributed by atoms with Gasteiger partial charge in [0.15, 0.2) is 6.61 Å². The molecule has 0 N–H and O–H groups in total. The van der Waals surface area contributed by atoms with Crippen molar-refractivity contribution in [3.63, 3.8) is 0 Å². The summed E-state index contributed by atoms with van der Waals surface area (Å²) in [6.45, 7) is 3.78. The number of methoxy groups -OCH3 is 1. The fraction of sp³-hybridized carbons (Fsp3) is 0.444. The first-order valence-electron chi connectivity index (χ1n) is 12.7. The highest BCUT2D eigenvalue weighted by Crippen LogP contribution is 2.25. The van der Waals surface area contributed by atoms with Crippen LogP contribution >= 0.6 is 0 Å². The van der Waals surface area contributed by atoms with Crippen LogP contribution in [0.1, 0.15) is 42.4 Å². The number of esters is 1. The number of nitrogens with zero attached hydrogens (tertiary/aromatic N) is 3. The van der Waals surface area contributed by atoms with Gasteiger partial charge in [-0.05, 0) is 36.8 Å². The number of hydrogen-bond acceptors (Lipinski definition) is 8. The lowest BCUT2D eigenvalue weighted by Crippen LogP contribution is -2.40. The summed E-state index contributed by atoms with van der Waals surface area (Å²) in [6.07, 6.45) is 2.21. The summed E-state index contributed by atoms with van der Waals surface area (Å²) in [6, 6.07) is 11.8. The van der Waals surface area contributed by atoms with Gasteiger partial charge >= 0.3 is 5.97 Å². The lowest BCUT2D eigenvalue weighted by atomic mass is 10.1. The minimum absolute atomic E-state index is 0.0353. The number of carbonyl (C=O) groups is 2. The lowest BCUT2D eigenvalue weighted by Gasteiger charge is -2.26. The van der Waals surface area contributed by atoms with Crippen LogP contribution in [0.5, 0.6) is 5.75 Å². The Morgan fingerprint density at radius 3 is 2.61 bits per heavy atom. The smallest absolute Gasteiger partial charge is 0.306 e. The number of ether oxygens (including phenoxy) is 3. The number of benzene rings is 2. The van der Waals surface area contributed by atoms with E-state index in [2.05, 4.69) is 11.9 Å². The van der Waals surface area contributed by atoms with E-state index in [-0.39, 0.29) is 23.7 Å². The summed E-state index contributed by atoms with van der Waals surface area (Å²) >= 11 is 0. The van der Waals surface area contributed by atoms with Crippen LogP contribution in [0, 0.1) is 0 Å². The number of aryl methyl sites for hydroxylation is 2. The first-order valence-corrected chi connectivity index (χ1v) is 14.2. The van der Waals surface area contributed by atoms with E-state index in [0.717, 1.165) is 18.4 Å². The molecule has 204 valence electrons. The number of Topliss-reactive ketones (excluding diaryl/α,β-unsaturated/α-hetero) is 1. The molecule has 0 saturated carbocycles. The van der Waals surface area contributed by atoms with Crippen molar-refractivity contribution in [3.8, 4) is 5.75 Å². The average molecular weight is 544 g/mol. The van der Waals surface area contributed by atoms with Crippen molar-refractivity contribution >= 4 is 32.8 Å². The maximum Gasteiger partial charge on any atom is 0.306 e. The topological polar surface area (TPSA) is 117 Å². The van der Waals surface area contributed by atoms with Crippen molar-refractivity contribution in [3.05, 3.63) is 53.9 Å². The summed E-state index contributed by atoms with van der Waals surface area (Å²) < 4.78 is 45.4. The molecule has 11 heteroatoms. The maximum absolute atomic E-state index is 13.1. The van der Waals surface area contributed by atoms with E-state index >= 15 is 0 Å². The van der Waals surface area contributed by atoms with E-state index < -0.39 is 16.0 Å². The number of morpholine rings is 1. The Labute approximate surface area is 222 Å². The van der Waals surface area contributed by atoms with E-state index in [0.29, 0.717) is 61.9 Å². The predicted molar refractivity (Wildman–Crippen MR) is 141 cm³/mol. The van der Waals surface area contributed by atoms with Crippen molar-refractivity contribution < 1.29 is 32.2 Å². The Kier molecular flexibility index (Phi) is 9.13. The highest BCUT2D eigenvalue weighted by Gasteiger charge is 2.27. The van der Waals surface area contributed by atoms with E-state index in [4.69, 9.17) is 14.2 Å². The van der Waals surface area contributed by atoms with Crippen LogP contribution in [0.15, 0.2) is 47.4 Å². The lowest BCUT2D eigenvalue weighted by molar-refractivity contribution is -0.142. The summed E-state index contributed by atoms with van der Waals surface area (Å²) in [5, 5.41) is 0. The molecule has 0 spiro atoms. The summed E-state index contributed by atoms with van der Waals surface area (Å²) in [5.41, 5.74) is 1.73. The summed E-state index contributed by atoms with van der Waals surface area (Å²) in [4.78, 5) is 29.8. The highest BCUT2D eigenvalue weighted by molar-refractivity contribution is 7.89. The van der Waals surface area contributed by atoms with Crippen molar-refractivity contribution in [1.29, 1.82) is 0 Å². The Balaban J connectivity index is 1.47. The number of fused-ring (bicyclic) bond motifs is 1. The third-order valence-electron chi connectivity index (χ3n) is 6.47. The second kappa shape index (κ2) is 12.5. The van der Waals surface area contributed by atoms with Crippen LogP contribution in [0.25, 0.3) is 11.0 Å². The SMILES string of the molecule is CCCCn1c(CCC(=O)OCC(=O)c2ccccc2OC)nc2cc(S(=O)(=O)N3CCOCC3)ccc21. The van der Waals surface area contributed by atoms with Gasteiger partial charge in [-0.3, -0.25) is 9.59 Å². The van der Waals surface area contributed by atoms with Crippen LogP contribution in [-0.2, 0) is 37.3 Å². The van der Waals surface area contributed by atoms with Crippen LogP contribution in [-0.4, -0.2) is 74.0 Å². The molecule has 0 bridgehead atoms. The van der Waals surface area contributed by atoms with E-state index in [9.17, 15) is 18.0 Å². The van der Waals surface area contributed by atoms with Crippen molar-refractivity contribution in [2.24, 2.45) is 0 Å². The van der Waals surface area contributed by atoms with Gasteiger partial charge in [0.25, 0.3) is 0 Å². The molecule has 2 aromatic carbocycles. The van der Waals surface area contributed by atoms with Gasteiger partial charge in [0.2, 0.25) is 15.8 Å². The number of imidazole rings is 1.